The van der Waals surface area contributed by atoms with Gasteiger partial charge in [0.15, 0.2) is 5.54 Å². The van der Waals surface area contributed by atoms with E-state index in [2.05, 4.69) is 5.32 Å². The maximum absolute atomic E-state index is 11.5. The number of carbonyl (C=O) groups is 1. The lowest BCUT2D eigenvalue weighted by Gasteiger charge is -2.29. The Bertz CT molecular complexity index is 358. The molecule has 0 spiro atoms. The predicted molar refractivity (Wildman–Crippen MR) is 69.2 cm³/mol. The molecule has 0 saturated carbocycles. The molecule has 17 heavy (non-hydrogen) atoms. The molecule has 0 amide bonds. The number of rotatable bonds is 7. The van der Waals surface area contributed by atoms with Crippen molar-refractivity contribution in [2.75, 3.05) is 25.2 Å². The summed E-state index contributed by atoms with van der Waals surface area (Å²) in [5, 5.41) is 21.1. The Kier molecular flexibility index (Phi) is 5.47. The Hall–Kier alpha value is -1.04. The minimum absolute atomic E-state index is 0.0544. The first-order valence-corrected chi connectivity index (χ1v) is 6.49. The molecule has 0 fully saturated rings. The summed E-state index contributed by atoms with van der Waals surface area (Å²) in [5.74, 6) is 0.00378. The fourth-order valence-electron chi connectivity index (χ4n) is 1.60. The molecule has 0 heterocycles. The Balaban J connectivity index is 2.97. The zero-order chi connectivity index (χ0) is 12.7. The number of aliphatic hydroxyl groups excluding tert-OH is 1. The molecule has 1 aromatic carbocycles. The molecule has 94 valence electrons. The van der Waals surface area contributed by atoms with Crippen LogP contribution in [0.3, 0.4) is 0 Å². The van der Waals surface area contributed by atoms with Crippen LogP contribution in [0.2, 0.25) is 0 Å². The van der Waals surface area contributed by atoms with Gasteiger partial charge in [-0.1, -0.05) is 30.3 Å². The predicted octanol–water partition coefficient (Wildman–Crippen LogP) is 0.911. The number of aliphatic hydroxyl groups is 1. The number of hydrogen-bond acceptors (Lipinski definition) is 4. The van der Waals surface area contributed by atoms with E-state index in [0.717, 1.165) is 5.56 Å². The quantitative estimate of drug-likeness (QED) is 0.632. The lowest BCUT2D eigenvalue weighted by atomic mass is 9.92. The molecule has 1 aromatic rings. The van der Waals surface area contributed by atoms with Crippen LogP contribution in [0.4, 0.5) is 0 Å². The van der Waals surface area contributed by atoms with Gasteiger partial charge in [0, 0.05) is 11.5 Å². The number of nitrogens with one attached hydrogen (secondary N) is 1. The number of carboxylic acid groups (broad SMARTS) is 1. The molecule has 1 rings (SSSR count). The minimum Gasteiger partial charge on any atom is -0.480 e. The van der Waals surface area contributed by atoms with Crippen molar-refractivity contribution >= 4 is 17.7 Å². The summed E-state index contributed by atoms with van der Waals surface area (Å²) in [7, 11) is 1.64. The lowest BCUT2D eigenvalue weighted by molar-refractivity contribution is -0.144. The van der Waals surface area contributed by atoms with Gasteiger partial charge in [0.05, 0.1) is 6.61 Å². The van der Waals surface area contributed by atoms with Gasteiger partial charge in [0.25, 0.3) is 0 Å². The van der Waals surface area contributed by atoms with Crippen LogP contribution in [0.25, 0.3) is 0 Å². The minimum atomic E-state index is -1.10. The van der Waals surface area contributed by atoms with Gasteiger partial charge in [-0.15, -0.1) is 0 Å². The topological polar surface area (TPSA) is 69.6 Å². The first-order valence-electron chi connectivity index (χ1n) is 5.34. The summed E-state index contributed by atoms with van der Waals surface area (Å²) in [6, 6.07) is 9.09. The molecule has 0 saturated heterocycles. The summed E-state index contributed by atoms with van der Waals surface area (Å²) >= 11 is 1.41. The second kappa shape index (κ2) is 6.64. The molecule has 1 atom stereocenters. The van der Waals surface area contributed by atoms with Gasteiger partial charge >= 0.3 is 5.97 Å². The van der Waals surface area contributed by atoms with Crippen molar-refractivity contribution < 1.29 is 15.0 Å². The molecule has 0 aliphatic carbocycles. The van der Waals surface area contributed by atoms with Crippen molar-refractivity contribution in [2.24, 2.45) is 0 Å². The van der Waals surface area contributed by atoms with Crippen LogP contribution < -0.4 is 5.32 Å². The Morgan fingerprint density at radius 2 is 2.06 bits per heavy atom. The summed E-state index contributed by atoms with van der Waals surface area (Å²) in [4.78, 5) is 11.5. The van der Waals surface area contributed by atoms with Crippen LogP contribution in [0.15, 0.2) is 30.3 Å². The van der Waals surface area contributed by atoms with E-state index in [1.807, 2.05) is 18.2 Å². The summed E-state index contributed by atoms with van der Waals surface area (Å²) in [6.07, 6.45) is 0. The van der Waals surface area contributed by atoms with E-state index in [-0.39, 0.29) is 6.61 Å². The van der Waals surface area contributed by atoms with Gasteiger partial charge in [-0.3, -0.25) is 0 Å². The highest BCUT2D eigenvalue weighted by atomic mass is 32.2. The first kappa shape index (κ1) is 14.0. The number of carboxylic acids is 1. The van der Waals surface area contributed by atoms with Gasteiger partial charge in [-0.25, -0.2) is 4.79 Å². The maximum Gasteiger partial charge on any atom is 0.329 e. The maximum atomic E-state index is 11.5. The van der Waals surface area contributed by atoms with Crippen LogP contribution in [0, 0.1) is 0 Å². The van der Waals surface area contributed by atoms with Crippen molar-refractivity contribution in [3.63, 3.8) is 0 Å². The molecule has 5 heteroatoms. The molecular formula is C12H17NO3S. The highest BCUT2D eigenvalue weighted by Gasteiger charge is 2.38. The first-order chi connectivity index (χ1) is 8.17. The zero-order valence-electron chi connectivity index (χ0n) is 9.72. The van der Waals surface area contributed by atoms with Crippen molar-refractivity contribution in [3.8, 4) is 0 Å². The van der Waals surface area contributed by atoms with Crippen LogP contribution in [-0.4, -0.2) is 41.3 Å². The number of likely N-dealkylation sites (N-methyl/N-ethyl adjacent to an activating group) is 1. The zero-order valence-corrected chi connectivity index (χ0v) is 10.5. The van der Waals surface area contributed by atoms with E-state index in [0.29, 0.717) is 11.5 Å². The molecule has 0 aliphatic heterocycles. The molecule has 1 unspecified atom stereocenters. The molecule has 0 aliphatic rings. The second-order valence-electron chi connectivity index (χ2n) is 3.60. The third-order valence-corrected chi connectivity index (χ3v) is 3.72. The molecular weight excluding hydrogens is 238 g/mol. The fourth-order valence-corrected chi connectivity index (χ4v) is 2.62. The van der Waals surface area contributed by atoms with Crippen molar-refractivity contribution in [2.45, 2.75) is 5.54 Å². The van der Waals surface area contributed by atoms with Crippen LogP contribution in [0.1, 0.15) is 5.56 Å². The smallest absolute Gasteiger partial charge is 0.329 e. The number of hydrogen-bond donors (Lipinski definition) is 3. The van der Waals surface area contributed by atoms with E-state index >= 15 is 0 Å². The molecule has 0 radical (unpaired) electrons. The van der Waals surface area contributed by atoms with Gasteiger partial charge in [0.1, 0.15) is 0 Å². The van der Waals surface area contributed by atoms with Crippen molar-refractivity contribution in [3.05, 3.63) is 35.9 Å². The monoisotopic (exact) mass is 255 g/mol. The number of aliphatic carboxylic acids is 1. The van der Waals surface area contributed by atoms with E-state index in [4.69, 9.17) is 5.11 Å². The van der Waals surface area contributed by atoms with Crippen molar-refractivity contribution in [1.29, 1.82) is 0 Å². The average molecular weight is 255 g/mol. The van der Waals surface area contributed by atoms with E-state index in [1.54, 1.807) is 19.2 Å². The number of benzene rings is 1. The number of thioether (sulfide) groups is 1. The highest BCUT2D eigenvalue weighted by molar-refractivity contribution is 7.99. The molecule has 0 aromatic heterocycles. The Labute approximate surface area is 105 Å². The van der Waals surface area contributed by atoms with Crippen molar-refractivity contribution in [1.82, 2.24) is 5.32 Å². The van der Waals surface area contributed by atoms with E-state index < -0.39 is 11.5 Å². The highest BCUT2D eigenvalue weighted by Crippen LogP contribution is 2.25. The summed E-state index contributed by atoms with van der Waals surface area (Å²) < 4.78 is 0. The third kappa shape index (κ3) is 3.21. The lowest BCUT2D eigenvalue weighted by Crippen LogP contribution is -2.49. The molecule has 4 nitrogen and oxygen atoms in total. The fraction of sp³-hybridized carbons (Fsp3) is 0.417. The molecule has 3 N–H and O–H groups in total. The van der Waals surface area contributed by atoms with Gasteiger partial charge in [-0.2, -0.15) is 11.8 Å². The van der Waals surface area contributed by atoms with Crippen LogP contribution >= 0.6 is 11.8 Å². The summed E-state index contributed by atoms with van der Waals surface area (Å²) in [5.41, 5.74) is -0.374. The standard InChI is InChI=1S/C12H17NO3S/c1-13-12(11(15)16,9-17-8-7-14)10-5-3-2-4-6-10/h2-6,13-14H,7-9H2,1H3,(H,15,16). The van der Waals surface area contributed by atoms with Crippen LogP contribution in [0.5, 0.6) is 0 Å². The summed E-state index contributed by atoms with van der Waals surface area (Å²) in [6.45, 7) is 0.0544. The van der Waals surface area contributed by atoms with E-state index in [1.165, 1.54) is 11.8 Å². The SMILES string of the molecule is CNC(CSCCO)(C(=O)O)c1ccccc1. The largest absolute Gasteiger partial charge is 0.480 e. The third-order valence-electron chi connectivity index (χ3n) is 2.61. The van der Waals surface area contributed by atoms with Gasteiger partial charge in [-0.05, 0) is 12.6 Å². The Morgan fingerprint density at radius 1 is 1.41 bits per heavy atom. The normalized spacial score (nSPS) is 14.2. The average Bonchev–Trinajstić information content (AvgIpc) is 2.36. The van der Waals surface area contributed by atoms with Gasteiger partial charge in [0.2, 0.25) is 0 Å². The van der Waals surface area contributed by atoms with E-state index in [9.17, 15) is 9.90 Å². The van der Waals surface area contributed by atoms with Crippen LogP contribution in [-0.2, 0) is 10.3 Å². The second-order valence-corrected chi connectivity index (χ2v) is 4.71. The van der Waals surface area contributed by atoms with Gasteiger partial charge < -0.3 is 15.5 Å². The molecule has 0 bridgehead atoms. The Morgan fingerprint density at radius 3 is 2.53 bits per heavy atom.